The molecule has 114 valence electrons. The second-order valence-electron chi connectivity index (χ2n) is 6.25. The summed E-state index contributed by atoms with van der Waals surface area (Å²) in [6.07, 6.45) is 2.91. The van der Waals surface area contributed by atoms with E-state index in [4.69, 9.17) is 4.74 Å². The predicted octanol–water partition coefficient (Wildman–Crippen LogP) is 2.28. The molecule has 3 rings (SSSR count). The van der Waals surface area contributed by atoms with Crippen LogP contribution in [0, 0.1) is 5.92 Å². The number of benzene rings is 1. The topological polar surface area (TPSA) is 41.6 Å². The van der Waals surface area contributed by atoms with Crippen LogP contribution in [-0.2, 0) is 16.0 Å². The first-order chi connectivity index (χ1) is 10.1. The van der Waals surface area contributed by atoms with Crippen LogP contribution in [0.2, 0.25) is 0 Å². The lowest BCUT2D eigenvalue weighted by atomic mass is 9.88. The molecule has 1 amide bonds. The van der Waals surface area contributed by atoms with Gasteiger partial charge in [0.1, 0.15) is 0 Å². The fourth-order valence-corrected chi connectivity index (χ4v) is 3.63. The number of fused-ring (bicyclic) bond motifs is 1. The second kappa shape index (κ2) is 5.78. The maximum Gasteiger partial charge on any atom is 0.227 e. The molecule has 3 unspecified atom stereocenters. The van der Waals surface area contributed by atoms with E-state index < -0.39 is 0 Å². The number of carbonyl (C=O) groups excluding carboxylic acids is 1. The van der Waals surface area contributed by atoms with Gasteiger partial charge in [0.15, 0.2) is 0 Å². The van der Waals surface area contributed by atoms with E-state index in [-0.39, 0.29) is 5.91 Å². The highest BCUT2D eigenvalue weighted by atomic mass is 16.5. The summed E-state index contributed by atoms with van der Waals surface area (Å²) in [6, 6.07) is 6.83. The van der Waals surface area contributed by atoms with Crippen LogP contribution in [0.5, 0.6) is 0 Å². The summed E-state index contributed by atoms with van der Waals surface area (Å²) in [5.74, 6) is 0.726. The molecule has 0 aromatic heterocycles. The van der Waals surface area contributed by atoms with Crippen molar-refractivity contribution in [3.8, 4) is 0 Å². The van der Waals surface area contributed by atoms with E-state index in [0.29, 0.717) is 24.5 Å². The molecule has 0 radical (unpaired) electrons. The van der Waals surface area contributed by atoms with Gasteiger partial charge in [-0.3, -0.25) is 4.79 Å². The number of carbonyl (C=O) groups is 1. The molecular formula is C17H24N2O2. The maximum atomic E-state index is 11.8. The lowest BCUT2D eigenvalue weighted by Crippen LogP contribution is -2.31. The first-order valence-electron chi connectivity index (χ1n) is 7.78. The molecule has 0 bridgehead atoms. The lowest BCUT2D eigenvalue weighted by molar-refractivity contribution is -0.118. The normalized spacial score (nSPS) is 26.8. The Kier molecular flexibility index (Phi) is 4.00. The van der Waals surface area contributed by atoms with Gasteiger partial charge in [-0.25, -0.2) is 0 Å². The Morgan fingerprint density at radius 2 is 2.19 bits per heavy atom. The van der Waals surface area contributed by atoms with E-state index in [1.807, 2.05) is 14.1 Å². The average molecular weight is 288 g/mol. The van der Waals surface area contributed by atoms with Crippen LogP contribution < -0.4 is 10.2 Å². The molecule has 21 heavy (non-hydrogen) atoms. The molecule has 1 aromatic rings. The van der Waals surface area contributed by atoms with Crippen LogP contribution in [0.3, 0.4) is 0 Å². The molecule has 0 spiro atoms. The third kappa shape index (κ3) is 2.70. The number of nitrogens with one attached hydrogen (secondary N) is 1. The zero-order chi connectivity index (χ0) is 15.0. The molecule has 4 nitrogen and oxygen atoms in total. The summed E-state index contributed by atoms with van der Waals surface area (Å²) in [5.41, 5.74) is 3.64. The minimum Gasteiger partial charge on any atom is -0.378 e. The number of hydrogen-bond donors (Lipinski definition) is 1. The summed E-state index contributed by atoms with van der Waals surface area (Å²) in [5, 5.41) is 3.45. The third-order valence-corrected chi connectivity index (χ3v) is 4.82. The summed E-state index contributed by atoms with van der Waals surface area (Å²) in [4.78, 5) is 13.5. The number of aryl methyl sites for hydroxylation is 1. The molecule has 2 aliphatic heterocycles. The molecule has 4 heteroatoms. The molecular weight excluding hydrogens is 264 g/mol. The van der Waals surface area contributed by atoms with Gasteiger partial charge in [0.05, 0.1) is 12.7 Å². The predicted molar refractivity (Wildman–Crippen MR) is 83.5 cm³/mol. The zero-order valence-electron chi connectivity index (χ0n) is 13.1. The van der Waals surface area contributed by atoms with Crippen molar-refractivity contribution in [2.24, 2.45) is 5.92 Å². The molecule has 3 atom stereocenters. The summed E-state index contributed by atoms with van der Waals surface area (Å²) >= 11 is 0. The van der Waals surface area contributed by atoms with Crippen molar-refractivity contribution in [2.75, 3.05) is 25.6 Å². The Hall–Kier alpha value is -1.39. The number of rotatable bonds is 3. The molecule has 2 heterocycles. The van der Waals surface area contributed by atoms with E-state index in [0.717, 1.165) is 25.1 Å². The van der Waals surface area contributed by atoms with Crippen molar-refractivity contribution in [1.82, 2.24) is 5.32 Å². The third-order valence-electron chi connectivity index (χ3n) is 4.82. The maximum absolute atomic E-state index is 11.8. The van der Waals surface area contributed by atoms with Gasteiger partial charge in [-0.2, -0.15) is 0 Å². The summed E-state index contributed by atoms with van der Waals surface area (Å²) < 4.78 is 5.72. The molecule has 1 fully saturated rings. The van der Waals surface area contributed by atoms with Crippen LogP contribution >= 0.6 is 0 Å². The van der Waals surface area contributed by atoms with Crippen LogP contribution in [0.25, 0.3) is 0 Å². The minimum absolute atomic E-state index is 0.207. The van der Waals surface area contributed by atoms with E-state index in [1.54, 1.807) is 4.90 Å². The largest absolute Gasteiger partial charge is 0.378 e. The van der Waals surface area contributed by atoms with Gasteiger partial charge >= 0.3 is 0 Å². The van der Waals surface area contributed by atoms with Crippen LogP contribution in [0.4, 0.5) is 5.69 Å². The van der Waals surface area contributed by atoms with Gasteiger partial charge in [-0.1, -0.05) is 12.1 Å². The van der Waals surface area contributed by atoms with Crippen molar-refractivity contribution in [1.29, 1.82) is 0 Å². The van der Waals surface area contributed by atoms with Crippen molar-refractivity contribution in [3.05, 3.63) is 29.3 Å². The number of nitrogens with zero attached hydrogens (tertiary/aromatic N) is 1. The van der Waals surface area contributed by atoms with E-state index >= 15 is 0 Å². The van der Waals surface area contributed by atoms with E-state index in [2.05, 4.69) is 30.4 Å². The molecule has 1 saturated heterocycles. The van der Waals surface area contributed by atoms with Gasteiger partial charge in [0.25, 0.3) is 0 Å². The van der Waals surface area contributed by atoms with E-state index in [1.165, 1.54) is 11.1 Å². The first-order valence-corrected chi connectivity index (χ1v) is 7.78. The quantitative estimate of drug-likeness (QED) is 0.928. The summed E-state index contributed by atoms with van der Waals surface area (Å²) in [6.45, 7) is 2.96. The number of anilines is 1. The van der Waals surface area contributed by atoms with Crippen molar-refractivity contribution < 1.29 is 9.53 Å². The Morgan fingerprint density at radius 3 is 2.86 bits per heavy atom. The van der Waals surface area contributed by atoms with Gasteiger partial charge < -0.3 is 15.0 Å². The first kappa shape index (κ1) is 14.5. The molecule has 0 saturated carbocycles. The van der Waals surface area contributed by atoms with Crippen LogP contribution in [0.15, 0.2) is 18.2 Å². The Morgan fingerprint density at radius 1 is 1.38 bits per heavy atom. The average Bonchev–Trinajstić information content (AvgIpc) is 2.90. The molecule has 0 aliphatic carbocycles. The fourth-order valence-electron chi connectivity index (χ4n) is 3.63. The van der Waals surface area contributed by atoms with Crippen LogP contribution in [0.1, 0.15) is 36.9 Å². The fraction of sp³-hybridized carbons (Fsp3) is 0.588. The highest BCUT2D eigenvalue weighted by Crippen LogP contribution is 2.35. The second-order valence-corrected chi connectivity index (χ2v) is 6.25. The Labute approximate surface area is 126 Å². The number of ether oxygens (including phenoxy) is 1. The minimum atomic E-state index is 0.207. The number of hydrogen-bond acceptors (Lipinski definition) is 3. The summed E-state index contributed by atoms with van der Waals surface area (Å²) in [7, 11) is 3.88. The Balaban J connectivity index is 1.87. The van der Waals surface area contributed by atoms with Gasteiger partial charge in [0, 0.05) is 31.1 Å². The number of amides is 1. The van der Waals surface area contributed by atoms with Gasteiger partial charge in [0.2, 0.25) is 5.91 Å². The van der Waals surface area contributed by atoms with Gasteiger partial charge in [-0.05, 0) is 44.0 Å². The highest BCUT2D eigenvalue weighted by molar-refractivity contribution is 5.95. The standard InChI is InChI=1S/C17H24N2O2/c1-11-8-14(10-21-11)17(18-2)13-4-6-15-12(9-13)5-7-16(20)19(15)3/h4,6,9,11,14,17-18H,5,7-8,10H2,1-3H3. The highest BCUT2D eigenvalue weighted by Gasteiger charge is 2.30. The van der Waals surface area contributed by atoms with Gasteiger partial charge in [-0.15, -0.1) is 0 Å². The van der Waals surface area contributed by atoms with Crippen molar-refractivity contribution >= 4 is 11.6 Å². The monoisotopic (exact) mass is 288 g/mol. The van der Waals surface area contributed by atoms with E-state index in [9.17, 15) is 4.79 Å². The molecule has 1 aromatic carbocycles. The lowest BCUT2D eigenvalue weighted by Gasteiger charge is -2.28. The smallest absolute Gasteiger partial charge is 0.227 e. The SMILES string of the molecule is CNC(c1ccc2c(c1)CCC(=O)N2C)C1COC(C)C1. The Bertz CT molecular complexity index is 544. The van der Waals surface area contributed by atoms with Crippen LogP contribution in [-0.4, -0.2) is 32.7 Å². The van der Waals surface area contributed by atoms with Crippen molar-refractivity contribution in [3.63, 3.8) is 0 Å². The zero-order valence-corrected chi connectivity index (χ0v) is 13.1. The molecule has 2 aliphatic rings. The molecule has 1 N–H and O–H groups in total. The van der Waals surface area contributed by atoms with Crippen molar-refractivity contribution in [2.45, 2.75) is 38.3 Å².